The van der Waals surface area contributed by atoms with Gasteiger partial charge in [0.05, 0.1) is 0 Å². The van der Waals surface area contributed by atoms with E-state index in [-0.39, 0.29) is 5.82 Å². The van der Waals surface area contributed by atoms with Crippen molar-refractivity contribution in [3.63, 3.8) is 0 Å². The summed E-state index contributed by atoms with van der Waals surface area (Å²) in [6.45, 7) is -0.905. The van der Waals surface area contributed by atoms with E-state index in [0.717, 1.165) is 29.0 Å². The van der Waals surface area contributed by atoms with Crippen molar-refractivity contribution in [3.05, 3.63) is 101 Å². The largest absolute Gasteiger partial charge is 0.432 e. The Labute approximate surface area is 197 Å². The van der Waals surface area contributed by atoms with Crippen molar-refractivity contribution in [2.24, 2.45) is 0 Å². The van der Waals surface area contributed by atoms with Gasteiger partial charge in [0.1, 0.15) is 5.82 Å². The van der Waals surface area contributed by atoms with E-state index in [9.17, 15) is 13.2 Å². The number of hydrogen-bond acceptors (Lipinski definition) is 1. The van der Waals surface area contributed by atoms with Crippen LogP contribution >= 0.6 is 0 Å². The first kappa shape index (κ1) is 23.8. The van der Waals surface area contributed by atoms with Crippen LogP contribution in [-0.4, -0.2) is 6.61 Å². The van der Waals surface area contributed by atoms with Crippen LogP contribution in [0, 0.1) is 11.6 Å². The van der Waals surface area contributed by atoms with Gasteiger partial charge in [0.25, 0.3) is 0 Å². The van der Waals surface area contributed by atoms with E-state index in [1.165, 1.54) is 30.5 Å². The molecule has 0 saturated carbocycles. The van der Waals surface area contributed by atoms with E-state index < -0.39 is 18.2 Å². The molecular weight excluding hydrogens is 440 g/mol. The lowest BCUT2D eigenvalue weighted by molar-refractivity contribution is -0.0522. The molecule has 1 nitrogen and oxygen atoms in total. The predicted molar refractivity (Wildman–Crippen MR) is 128 cm³/mol. The Kier molecular flexibility index (Phi) is 7.51. The molecule has 34 heavy (non-hydrogen) atoms. The van der Waals surface area contributed by atoms with Gasteiger partial charge in [-0.25, -0.2) is 8.78 Å². The van der Waals surface area contributed by atoms with Crippen LogP contribution in [0.5, 0.6) is 5.75 Å². The van der Waals surface area contributed by atoms with Gasteiger partial charge in [-0.2, -0.15) is 8.78 Å². The minimum absolute atomic E-state index is 0.294. The SMILES string of the molecule is CCCCc1ccc(-c2ccc3c(F)c(CCc4ccc(OC(F)F)c(F)c4)ccc3c2)cc1. The van der Waals surface area contributed by atoms with E-state index in [1.807, 2.05) is 18.2 Å². The summed E-state index contributed by atoms with van der Waals surface area (Å²) < 4.78 is 57.8. The van der Waals surface area contributed by atoms with Crippen molar-refractivity contribution >= 4 is 10.8 Å². The molecule has 176 valence electrons. The number of hydrogen-bond donors (Lipinski definition) is 0. The summed E-state index contributed by atoms with van der Waals surface area (Å²) in [5, 5.41) is 1.35. The number of benzene rings is 4. The van der Waals surface area contributed by atoms with Gasteiger partial charge in [-0.1, -0.05) is 67.9 Å². The van der Waals surface area contributed by atoms with Gasteiger partial charge >= 0.3 is 6.61 Å². The molecule has 4 aromatic rings. The summed E-state index contributed by atoms with van der Waals surface area (Å²) in [6.07, 6.45) is 4.14. The summed E-state index contributed by atoms with van der Waals surface area (Å²) >= 11 is 0. The van der Waals surface area contributed by atoms with Gasteiger partial charge in [0.15, 0.2) is 11.6 Å². The van der Waals surface area contributed by atoms with Gasteiger partial charge in [0.2, 0.25) is 0 Å². The number of aryl methyl sites for hydroxylation is 3. The zero-order valence-corrected chi connectivity index (χ0v) is 19.0. The first-order valence-corrected chi connectivity index (χ1v) is 11.5. The predicted octanol–water partition coefficient (Wildman–Crippen LogP) is 8.51. The van der Waals surface area contributed by atoms with E-state index in [4.69, 9.17) is 0 Å². The molecule has 0 N–H and O–H groups in total. The molecule has 0 aliphatic carbocycles. The highest BCUT2D eigenvalue weighted by Crippen LogP contribution is 2.29. The van der Waals surface area contributed by atoms with Gasteiger partial charge in [-0.05, 0) is 77.1 Å². The standard InChI is InChI=1S/C29H26F4O/c1-2-3-4-19-5-9-21(10-6-19)23-14-15-25-24(18-23)13-12-22(28(25)31)11-7-20-8-16-27(26(30)17-20)34-29(32)33/h5-6,8-10,12-18,29H,2-4,7,11H2,1H3. The Morgan fingerprint density at radius 2 is 1.47 bits per heavy atom. The van der Waals surface area contributed by atoms with Gasteiger partial charge in [0, 0.05) is 5.39 Å². The second-order valence-electron chi connectivity index (χ2n) is 8.42. The smallest absolute Gasteiger partial charge is 0.387 e. The molecule has 0 aromatic heterocycles. The fraction of sp³-hybridized carbons (Fsp3) is 0.241. The summed E-state index contributed by atoms with van der Waals surface area (Å²) in [5.41, 5.74) is 4.54. The number of alkyl halides is 2. The summed E-state index contributed by atoms with van der Waals surface area (Å²) in [5.74, 6) is -1.65. The molecule has 0 aliphatic heterocycles. The van der Waals surface area contributed by atoms with Gasteiger partial charge in [-0.15, -0.1) is 0 Å². The minimum atomic E-state index is -3.09. The first-order valence-electron chi connectivity index (χ1n) is 11.5. The van der Waals surface area contributed by atoms with E-state index in [1.54, 1.807) is 12.1 Å². The summed E-state index contributed by atoms with van der Waals surface area (Å²) in [6, 6.07) is 21.7. The molecule has 0 saturated heterocycles. The van der Waals surface area contributed by atoms with Crippen molar-refractivity contribution < 1.29 is 22.3 Å². The Hall–Kier alpha value is -3.34. The van der Waals surface area contributed by atoms with Crippen LogP contribution in [0.3, 0.4) is 0 Å². The molecule has 0 heterocycles. The van der Waals surface area contributed by atoms with Crippen LogP contribution in [0.25, 0.3) is 21.9 Å². The van der Waals surface area contributed by atoms with Crippen LogP contribution in [0.15, 0.2) is 72.8 Å². The molecule has 0 spiro atoms. The maximum atomic E-state index is 15.2. The van der Waals surface area contributed by atoms with E-state index >= 15 is 4.39 Å². The molecule has 0 radical (unpaired) electrons. The first-order chi connectivity index (χ1) is 16.4. The average Bonchev–Trinajstić information content (AvgIpc) is 2.84. The third-order valence-electron chi connectivity index (χ3n) is 6.04. The number of ether oxygens (including phenoxy) is 1. The number of rotatable bonds is 9. The molecule has 0 unspecified atom stereocenters. The van der Waals surface area contributed by atoms with Crippen molar-refractivity contribution in [1.82, 2.24) is 0 Å². The van der Waals surface area contributed by atoms with Crippen molar-refractivity contribution in [2.75, 3.05) is 0 Å². The van der Waals surface area contributed by atoms with Crippen LogP contribution in [0.1, 0.15) is 36.5 Å². The van der Waals surface area contributed by atoms with E-state index in [0.29, 0.717) is 29.4 Å². The molecule has 4 aromatic carbocycles. The number of halogens is 4. The van der Waals surface area contributed by atoms with Crippen LogP contribution in [0.4, 0.5) is 17.6 Å². The molecule has 0 atom stereocenters. The zero-order chi connectivity index (χ0) is 24.1. The van der Waals surface area contributed by atoms with Gasteiger partial charge < -0.3 is 4.74 Å². The third kappa shape index (κ3) is 5.58. The van der Waals surface area contributed by atoms with E-state index in [2.05, 4.69) is 35.9 Å². The topological polar surface area (TPSA) is 9.23 Å². The molecule has 5 heteroatoms. The fourth-order valence-corrected chi connectivity index (χ4v) is 4.12. The van der Waals surface area contributed by atoms with Crippen LogP contribution in [0.2, 0.25) is 0 Å². The molecule has 4 rings (SSSR count). The molecule has 0 fully saturated rings. The quantitative estimate of drug-likeness (QED) is 0.225. The highest BCUT2D eigenvalue weighted by Gasteiger charge is 2.12. The molecule has 0 aliphatic rings. The number of unbranched alkanes of at least 4 members (excludes halogenated alkanes) is 1. The Bertz CT molecular complexity index is 1270. The van der Waals surface area contributed by atoms with Crippen molar-refractivity contribution in [1.29, 1.82) is 0 Å². The summed E-state index contributed by atoms with van der Waals surface area (Å²) in [4.78, 5) is 0. The van der Waals surface area contributed by atoms with Crippen molar-refractivity contribution in [2.45, 2.75) is 45.6 Å². The third-order valence-corrected chi connectivity index (χ3v) is 6.04. The normalized spacial score (nSPS) is 11.4. The summed E-state index contributed by atoms with van der Waals surface area (Å²) in [7, 11) is 0. The highest BCUT2D eigenvalue weighted by atomic mass is 19.3. The average molecular weight is 467 g/mol. The Morgan fingerprint density at radius 3 is 2.18 bits per heavy atom. The number of fused-ring (bicyclic) bond motifs is 1. The molecule has 0 amide bonds. The van der Waals surface area contributed by atoms with Gasteiger partial charge in [-0.3, -0.25) is 0 Å². The highest BCUT2D eigenvalue weighted by molar-refractivity contribution is 5.88. The minimum Gasteiger partial charge on any atom is -0.432 e. The maximum absolute atomic E-state index is 15.2. The van der Waals surface area contributed by atoms with Crippen LogP contribution < -0.4 is 4.74 Å². The van der Waals surface area contributed by atoms with Crippen molar-refractivity contribution in [3.8, 4) is 16.9 Å². The Morgan fingerprint density at radius 1 is 0.735 bits per heavy atom. The second kappa shape index (κ2) is 10.7. The second-order valence-corrected chi connectivity index (χ2v) is 8.42. The monoisotopic (exact) mass is 466 g/mol. The molecular formula is C29H26F4O. The molecule has 0 bridgehead atoms. The zero-order valence-electron chi connectivity index (χ0n) is 19.0. The lowest BCUT2D eigenvalue weighted by Gasteiger charge is -2.10. The lowest BCUT2D eigenvalue weighted by atomic mass is 9.96. The maximum Gasteiger partial charge on any atom is 0.387 e. The Balaban J connectivity index is 1.49. The van der Waals surface area contributed by atoms with Crippen LogP contribution in [-0.2, 0) is 19.3 Å². The lowest BCUT2D eigenvalue weighted by Crippen LogP contribution is -2.04. The fourth-order valence-electron chi connectivity index (χ4n) is 4.12.